The second kappa shape index (κ2) is 6.35. The molecule has 1 saturated heterocycles. The first-order chi connectivity index (χ1) is 9.41. The van der Waals surface area contributed by atoms with Gasteiger partial charge >= 0.3 is 5.97 Å². The van der Waals surface area contributed by atoms with Crippen LogP contribution in [-0.4, -0.2) is 37.8 Å². The Balaban J connectivity index is 2.37. The molecule has 0 radical (unpaired) electrons. The Kier molecular flexibility index (Phi) is 4.96. The minimum atomic E-state index is -0.830. The molecular weight excluding hydrogens is 292 g/mol. The molecule has 6 heteroatoms. The third-order valence-corrected chi connectivity index (χ3v) is 6.68. The Labute approximate surface area is 128 Å². The molecule has 2 heterocycles. The number of aromatic nitrogens is 2. The summed E-state index contributed by atoms with van der Waals surface area (Å²) in [7, 11) is 0. The standard InChI is InChI=1S/C14H20N2O2S2/c1-7(14(17)18)11-8(2)15-13(16-9(11)3)12-10(4)19-5-6-20-12/h7,10,12H,5-6H2,1-4H3,(H,17,18). The summed E-state index contributed by atoms with van der Waals surface area (Å²) in [6, 6.07) is 0. The average molecular weight is 312 g/mol. The molecule has 4 nitrogen and oxygen atoms in total. The number of hydrogen-bond acceptors (Lipinski definition) is 5. The predicted molar refractivity (Wildman–Crippen MR) is 84.7 cm³/mol. The number of carbonyl (C=O) groups is 1. The van der Waals surface area contributed by atoms with E-state index in [0.29, 0.717) is 10.5 Å². The smallest absolute Gasteiger partial charge is 0.310 e. The Morgan fingerprint density at radius 2 is 1.80 bits per heavy atom. The van der Waals surface area contributed by atoms with Gasteiger partial charge in [-0.05, 0) is 20.8 Å². The zero-order valence-corrected chi connectivity index (χ0v) is 13.8. The van der Waals surface area contributed by atoms with E-state index in [0.717, 1.165) is 28.5 Å². The summed E-state index contributed by atoms with van der Waals surface area (Å²) in [5, 5.41) is 9.98. The summed E-state index contributed by atoms with van der Waals surface area (Å²) in [5.41, 5.74) is 2.35. The molecule has 1 aliphatic rings. The van der Waals surface area contributed by atoms with Gasteiger partial charge in [0.05, 0.1) is 11.2 Å². The van der Waals surface area contributed by atoms with E-state index in [-0.39, 0.29) is 0 Å². The molecule has 110 valence electrons. The van der Waals surface area contributed by atoms with Crippen LogP contribution in [-0.2, 0) is 4.79 Å². The topological polar surface area (TPSA) is 63.1 Å². The maximum Gasteiger partial charge on any atom is 0.310 e. The lowest BCUT2D eigenvalue weighted by Gasteiger charge is -2.27. The SMILES string of the molecule is Cc1nc(C2SCCSC2C)nc(C)c1C(C)C(=O)O. The van der Waals surface area contributed by atoms with Crippen LogP contribution in [0.3, 0.4) is 0 Å². The van der Waals surface area contributed by atoms with E-state index >= 15 is 0 Å². The van der Waals surface area contributed by atoms with Gasteiger partial charge in [-0.25, -0.2) is 9.97 Å². The highest BCUT2D eigenvalue weighted by atomic mass is 32.2. The molecule has 0 bridgehead atoms. The van der Waals surface area contributed by atoms with Gasteiger partial charge in [0.15, 0.2) is 0 Å². The van der Waals surface area contributed by atoms with Crippen molar-refractivity contribution < 1.29 is 9.90 Å². The van der Waals surface area contributed by atoms with Crippen molar-refractivity contribution in [1.29, 1.82) is 0 Å². The first kappa shape index (κ1) is 15.6. The molecule has 0 amide bonds. The van der Waals surface area contributed by atoms with Crippen molar-refractivity contribution >= 4 is 29.5 Å². The summed E-state index contributed by atoms with van der Waals surface area (Å²) >= 11 is 3.85. The van der Waals surface area contributed by atoms with Crippen LogP contribution >= 0.6 is 23.5 Å². The predicted octanol–water partition coefficient (Wildman–Crippen LogP) is 3.19. The van der Waals surface area contributed by atoms with Gasteiger partial charge in [0, 0.05) is 33.7 Å². The number of nitrogens with zero attached hydrogens (tertiary/aromatic N) is 2. The zero-order valence-electron chi connectivity index (χ0n) is 12.2. The first-order valence-corrected chi connectivity index (χ1v) is 8.82. The second-order valence-corrected chi connectivity index (χ2v) is 7.83. The van der Waals surface area contributed by atoms with Gasteiger partial charge in [0.25, 0.3) is 0 Å². The van der Waals surface area contributed by atoms with E-state index in [2.05, 4.69) is 16.9 Å². The molecule has 20 heavy (non-hydrogen) atoms. The quantitative estimate of drug-likeness (QED) is 0.925. The van der Waals surface area contributed by atoms with Crippen molar-refractivity contribution in [3.8, 4) is 0 Å². The Hall–Kier alpha value is -0.750. The van der Waals surface area contributed by atoms with Crippen LogP contribution in [0.15, 0.2) is 0 Å². The van der Waals surface area contributed by atoms with E-state index in [4.69, 9.17) is 0 Å². The van der Waals surface area contributed by atoms with Gasteiger partial charge in [-0.1, -0.05) is 6.92 Å². The minimum Gasteiger partial charge on any atom is -0.481 e. The van der Waals surface area contributed by atoms with Crippen molar-refractivity contribution in [2.24, 2.45) is 0 Å². The first-order valence-electron chi connectivity index (χ1n) is 6.72. The number of aliphatic carboxylic acids is 1. The van der Waals surface area contributed by atoms with Gasteiger partial charge in [0.1, 0.15) is 5.82 Å². The largest absolute Gasteiger partial charge is 0.481 e. The van der Waals surface area contributed by atoms with Crippen LogP contribution < -0.4 is 0 Å². The zero-order chi connectivity index (χ0) is 14.9. The third-order valence-electron chi connectivity index (χ3n) is 3.59. The Morgan fingerprint density at radius 1 is 1.25 bits per heavy atom. The molecule has 3 atom stereocenters. The molecule has 1 fully saturated rings. The van der Waals surface area contributed by atoms with Crippen LogP contribution in [0, 0.1) is 13.8 Å². The van der Waals surface area contributed by atoms with Gasteiger partial charge < -0.3 is 5.11 Å². The van der Waals surface area contributed by atoms with Gasteiger partial charge in [-0.15, -0.1) is 11.8 Å². The summed E-state index contributed by atoms with van der Waals surface area (Å²) < 4.78 is 0. The number of carboxylic acid groups (broad SMARTS) is 1. The Morgan fingerprint density at radius 3 is 2.30 bits per heavy atom. The molecule has 1 aromatic rings. The fraction of sp³-hybridized carbons (Fsp3) is 0.643. The van der Waals surface area contributed by atoms with Crippen molar-refractivity contribution in [3.05, 3.63) is 22.8 Å². The maximum absolute atomic E-state index is 11.2. The molecule has 1 N–H and O–H groups in total. The summed E-state index contributed by atoms with van der Waals surface area (Å²) in [5.74, 6) is 1.76. The lowest BCUT2D eigenvalue weighted by Crippen LogP contribution is -2.21. The maximum atomic E-state index is 11.2. The number of rotatable bonds is 3. The van der Waals surface area contributed by atoms with Crippen LogP contribution in [0.5, 0.6) is 0 Å². The van der Waals surface area contributed by atoms with Crippen LogP contribution in [0.1, 0.15) is 47.8 Å². The summed E-state index contributed by atoms with van der Waals surface area (Å²) in [4.78, 5) is 20.4. The monoisotopic (exact) mass is 312 g/mol. The molecular formula is C14H20N2O2S2. The van der Waals surface area contributed by atoms with E-state index in [1.807, 2.05) is 37.4 Å². The molecule has 1 aliphatic heterocycles. The molecule has 0 spiro atoms. The van der Waals surface area contributed by atoms with E-state index < -0.39 is 11.9 Å². The lowest BCUT2D eigenvalue weighted by molar-refractivity contribution is -0.138. The van der Waals surface area contributed by atoms with Crippen molar-refractivity contribution in [2.75, 3.05) is 11.5 Å². The van der Waals surface area contributed by atoms with Crippen molar-refractivity contribution in [2.45, 2.75) is 44.1 Å². The molecule has 1 aromatic heterocycles. The van der Waals surface area contributed by atoms with Crippen molar-refractivity contribution in [1.82, 2.24) is 9.97 Å². The van der Waals surface area contributed by atoms with E-state index in [1.54, 1.807) is 6.92 Å². The Bertz CT molecular complexity index is 499. The fourth-order valence-electron chi connectivity index (χ4n) is 2.54. The van der Waals surface area contributed by atoms with E-state index in [1.165, 1.54) is 5.75 Å². The molecule has 0 aliphatic carbocycles. The normalized spacial score (nSPS) is 24.4. The van der Waals surface area contributed by atoms with Gasteiger partial charge in [0.2, 0.25) is 0 Å². The highest BCUT2D eigenvalue weighted by Crippen LogP contribution is 2.41. The molecule has 2 rings (SSSR count). The number of hydrogen-bond donors (Lipinski definition) is 1. The molecule has 0 saturated carbocycles. The summed E-state index contributed by atoms with van der Waals surface area (Å²) in [6.07, 6.45) is 0. The average Bonchev–Trinajstić information content (AvgIpc) is 2.38. The highest BCUT2D eigenvalue weighted by molar-refractivity contribution is 8.06. The lowest BCUT2D eigenvalue weighted by atomic mass is 9.98. The van der Waals surface area contributed by atoms with Crippen LogP contribution in [0.25, 0.3) is 0 Å². The summed E-state index contributed by atoms with van der Waals surface area (Å²) in [6.45, 7) is 7.67. The van der Waals surface area contributed by atoms with Crippen LogP contribution in [0.2, 0.25) is 0 Å². The fourth-order valence-corrected chi connectivity index (χ4v) is 5.23. The number of carboxylic acids is 1. The van der Waals surface area contributed by atoms with E-state index in [9.17, 15) is 9.90 Å². The molecule has 0 aromatic carbocycles. The van der Waals surface area contributed by atoms with Crippen LogP contribution in [0.4, 0.5) is 0 Å². The highest BCUT2D eigenvalue weighted by Gasteiger charge is 2.28. The van der Waals surface area contributed by atoms with Gasteiger partial charge in [-0.3, -0.25) is 4.79 Å². The minimum absolute atomic E-state index is 0.306. The number of aryl methyl sites for hydroxylation is 2. The number of thioether (sulfide) groups is 2. The molecule has 3 unspecified atom stereocenters. The van der Waals surface area contributed by atoms with Crippen molar-refractivity contribution in [3.63, 3.8) is 0 Å². The second-order valence-electron chi connectivity index (χ2n) is 5.09. The third kappa shape index (κ3) is 3.11. The van der Waals surface area contributed by atoms with Gasteiger partial charge in [-0.2, -0.15) is 11.8 Å².